The van der Waals surface area contributed by atoms with Crippen molar-refractivity contribution in [1.29, 1.82) is 0 Å². The second-order valence-corrected chi connectivity index (χ2v) is 8.62. The number of carbonyl (C=O) groups excluding carboxylic acids is 2. The summed E-state index contributed by atoms with van der Waals surface area (Å²) in [6.07, 6.45) is 4.84. The summed E-state index contributed by atoms with van der Waals surface area (Å²) in [5, 5.41) is 13.8. The van der Waals surface area contributed by atoms with Crippen molar-refractivity contribution >= 4 is 28.9 Å². The largest absolute Gasteiger partial charge is 0.448 e. The first kappa shape index (κ1) is 21.2. The van der Waals surface area contributed by atoms with E-state index < -0.39 is 28.1 Å². The van der Waals surface area contributed by atoms with Crippen molar-refractivity contribution in [3.8, 4) is 11.5 Å². The SMILES string of the molecule is O=C(Nc1ccc2c(c1)OC1(CCCCC1)O2)C1CC(=O)N(c2ccc(F)c([N+](=O)[O-])c2)C1. The number of nitro benzene ring substituents is 1. The van der Waals surface area contributed by atoms with Gasteiger partial charge in [0.15, 0.2) is 11.5 Å². The quantitative estimate of drug-likeness (QED) is 0.548. The molecule has 1 atom stereocenters. The van der Waals surface area contributed by atoms with E-state index in [9.17, 15) is 24.1 Å². The first-order valence-electron chi connectivity index (χ1n) is 10.9. The molecule has 172 valence electrons. The van der Waals surface area contributed by atoms with Gasteiger partial charge in [-0.15, -0.1) is 0 Å². The molecule has 0 bridgehead atoms. The van der Waals surface area contributed by atoms with Gasteiger partial charge in [0, 0.05) is 43.6 Å². The summed E-state index contributed by atoms with van der Waals surface area (Å²) in [6, 6.07) is 8.44. The Kier molecular flexibility index (Phi) is 5.15. The maximum atomic E-state index is 13.6. The lowest BCUT2D eigenvalue weighted by molar-refractivity contribution is -0.387. The van der Waals surface area contributed by atoms with E-state index in [4.69, 9.17) is 9.47 Å². The highest BCUT2D eigenvalue weighted by Crippen LogP contribution is 2.46. The van der Waals surface area contributed by atoms with Crippen LogP contribution < -0.4 is 19.7 Å². The molecule has 2 aromatic carbocycles. The van der Waals surface area contributed by atoms with Gasteiger partial charge in [0.05, 0.1) is 16.5 Å². The summed E-state index contributed by atoms with van der Waals surface area (Å²) in [6.45, 7) is 0.0428. The van der Waals surface area contributed by atoms with Gasteiger partial charge in [0.2, 0.25) is 17.6 Å². The molecule has 1 saturated carbocycles. The number of hydrogen-bond donors (Lipinski definition) is 1. The summed E-state index contributed by atoms with van der Waals surface area (Å²) >= 11 is 0. The van der Waals surface area contributed by atoms with Crippen LogP contribution in [0.5, 0.6) is 11.5 Å². The van der Waals surface area contributed by atoms with Crippen molar-refractivity contribution in [2.24, 2.45) is 5.92 Å². The molecule has 2 heterocycles. The molecule has 2 amide bonds. The number of nitrogens with one attached hydrogen (secondary N) is 1. The molecule has 10 heteroatoms. The standard InChI is InChI=1S/C23H22FN3O6/c24-17-6-5-16(12-18(17)27(30)31)26-13-14(10-21(26)28)22(29)25-15-4-7-19-20(11-15)33-23(32-19)8-2-1-3-9-23/h4-7,11-12,14H,1-3,8-10,13H2,(H,25,29). The molecule has 33 heavy (non-hydrogen) atoms. The third kappa shape index (κ3) is 3.96. The van der Waals surface area contributed by atoms with E-state index in [0.29, 0.717) is 17.2 Å². The number of rotatable bonds is 4. The molecule has 3 aliphatic rings. The van der Waals surface area contributed by atoms with Crippen LogP contribution in [0.2, 0.25) is 0 Å². The van der Waals surface area contributed by atoms with Gasteiger partial charge < -0.3 is 19.7 Å². The van der Waals surface area contributed by atoms with Gasteiger partial charge in [0.1, 0.15) is 0 Å². The number of nitrogens with zero attached hydrogens (tertiary/aromatic N) is 2. The summed E-state index contributed by atoms with van der Waals surface area (Å²) in [7, 11) is 0. The van der Waals surface area contributed by atoms with Crippen LogP contribution in [-0.4, -0.2) is 29.1 Å². The van der Waals surface area contributed by atoms with Crippen LogP contribution in [-0.2, 0) is 9.59 Å². The lowest BCUT2D eigenvalue weighted by Crippen LogP contribution is -2.40. The predicted octanol–water partition coefficient (Wildman–Crippen LogP) is 4.16. The van der Waals surface area contributed by atoms with Crippen LogP contribution in [0.3, 0.4) is 0 Å². The molecule has 1 saturated heterocycles. The number of nitro groups is 1. The van der Waals surface area contributed by atoms with E-state index in [0.717, 1.165) is 44.2 Å². The molecule has 5 rings (SSSR count). The molecule has 1 aliphatic carbocycles. The fourth-order valence-corrected chi connectivity index (χ4v) is 4.65. The van der Waals surface area contributed by atoms with Gasteiger partial charge in [0.25, 0.3) is 5.79 Å². The Morgan fingerprint density at radius 2 is 1.88 bits per heavy atom. The van der Waals surface area contributed by atoms with Crippen molar-refractivity contribution in [2.45, 2.75) is 44.3 Å². The molecular formula is C23H22FN3O6. The maximum Gasteiger partial charge on any atom is 0.306 e. The van der Waals surface area contributed by atoms with E-state index in [1.807, 2.05) is 0 Å². The van der Waals surface area contributed by atoms with Crippen molar-refractivity contribution in [3.05, 3.63) is 52.3 Å². The monoisotopic (exact) mass is 455 g/mol. The van der Waals surface area contributed by atoms with E-state index in [2.05, 4.69) is 5.32 Å². The third-order valence-electron chi connectivity index (χ3n) is 6.35. The molecule has 2 fully saturated rings. The van der Waals surface area contributed by atoms with Gasteiger partial charge in [-0.1, -0.05) is 6.42 Å². The smallest absolute Gasteiger partial charge is 0.306 e. The minimum atomic E-state index is -0.984. The zero-order valence-corrected chi connectivity index (χ0v) is 17.7. The highest BCUT2D eigenvalue weighted by Gasteiger charge is 2.42. The van der Waals surface area contributed by atoms with E-state index >= 15 is 0 Å². The Labute approximate surface area is 188 Å². The van der Waals surface area contributed by atoms with Gasteiger partial charge in [-0.05, 0) is 37.1 Å². The van der Waals surface area contributed by atoms with Gasteiger partial charge in [-0.3, -0.25) is 19.7 Å². The highest BCUT2D eigenvalue weighted by atomic mass is 19.1. The van der Waals surface area contributed by atoms with Crippen LogP contribution in [0.1, 0.15) is 38.5 Å². The molecule has 1 spiro atoms. The number of anilines is 2. The average Bonchev–Trinajstić information content (AvgIpc) is 3.34. The van der Waals surface area contributed by atoms with E-state index in [1.165, 1.54) is 11.0 Å². The van der Waals surface area contributed by atoms with Crippen LogP contribution in [0.4, 0.5) is 21.5 Å². The zero-order valence-electron chi connectivity index (χ0n) is 17.7. The Morgan fingerprint density at radius 1 is 1.12 bits per heavy atom. The van der Waals surface area contributed by atoms with Crippen LogP contribution in [0, 0.1) is 21.8 Å². The minimum absolute atomic E-state index is 0.0428. The summed E-state index contributed by atoms with van der Waals surface area (Å²) < 4.78 is 25.8. The summed E-state index contributed by atoms with van der Waals surface area (Å²) in [5.74, 6) is -1.74. The van der Waals surface area contributed by atoms with Crippen molar-refractivity contribution in [2.75, 3.05) is 16.8 Å². The minimum Gasteiger partial charge on any atom is -0.448 e. The van der Waals surface area contributed by atoms with Crippen LogP contribution >= 0.6 is 0 Å². The molecule has 0 radical (unpaired) electrons. The Morgan fingerprint density at radius 3 is 2.64 bits per heavy atom. The lowest BCUT2D eigenvalue weighted by Gasteiger charge is -2.31. The summed E-state index contributed by atoms with van der Waals surface area (Å²) in [5.41, 5.74) is -0.00733. The number of fused-ring (bicyclic) bond motifs is 1. The first-order chi connectivity index (χ1) is 15.8. The fraction of sp³-hybridized carbons (Fsp3) is 0.391. The fourth-order valence-electron chi connectivity index (χ4n) is 4.65. The molecule has 2 aliphatic heterocycles. The Balaban J connectivity index is 1.26. The lowest BCUT2D eigenvalue weighted by atomic mass is 9.94. The summed E-state index contributed by atoms with van der Waals surface area (Å²) in [4.78, 5) is 36.7. The number of hydrogen-bond acceptors (Lipinski definition) is 6. The Hall–Kier alpha value is -3.69. The second-order valence-electron chi connectivity index (χ2n) is 8.62. The highest BCUT2D eigenvalue weighted by molar-refractivity contribution is 6.03. The Bertz CT molecular complexity index is 1150. The number of amides is 2. The molecule has 9 nitrogen and oxygen atoms in total. The predicted molar refractivity (Wildman–Crippen MR) is 116 cm³/mol. The molecule has 1 unspecified atom stereocenters. The van der Waals surface area contributed by atoms with Crippen LogP contribution in [0.25, 0.3) is 0 Å². The third-order valence-corrected chi connectivity index (χ3v) is 6.35. The van der Waals surface area contributed by atoms with Crippen LogP contribution in [0.15, 0.2) is 36.4 Å². The van der Waals surface area contributed by atoms with Crippen molar-refractivity contribution in [1.82, 2.24) is 0 Å². The van der Waals surface area contributed by atoms with Crippen molar-refractivity contribution in [3.63, 3.8) is 0 Å². The van der Waals surface area contributed by atoms with Crippen molar-refractivity contribution < 1.29 is 28.4 Å². The van der Waals surface area contributed by atoms with Gasteiger partial charge >= 0.3 is 5.69 Å². The topological polar surface area (TPSA) is 111 Å². The molecule has 0 aromatic heterocycles. The number of benzene rings is 2. The zero-order chi connectivity index (χ0) is 23.2. The molecule has 1 N–H and O–H groups in total. The maximum absolute atomic E-state index is 13.6. The number of halogens is 1. The molecule has 2 aromatic rings. The van der Waals surface area contributed by atoms with Gasteiger partial charge in [-0.25, -0.2) is 0 Å². The van der Waals surface area contributed by atoms with Gasteiger partial charge in [-0.2, -0.15) is 4.39 Å². The second kappa shape index (κ2) is 8.02. The number of ether oxygens (including phenoxy) is 2. The normalized spacial score (nSPS) is 20.8. The number of carbonyl (C=O) groups is 2. The average molecular weight is 455 g/mol. The van der Waals surface area contributed by atoms with E-state index in [-0.39, 0.29) is 30.5 Å². The first-order valence-corrected chi connectivity index (χ1v) is 10.9. The molecular weight excluding hydrogens is 433 g/mol. The van der Waals surface area contributed by atoms with E-state index in [1.54, 1.807) is 18.2 Å².